The number of nitrogens with zero attached hydrogens (tertiary/aromatic N) is 2. The van der Waals surface area contributed by atoms with Crippen molar-refractivity contribution in [1.82, 2.24) is 4.98 Å². The summed E-state index contributed by atoms with van der Waals surface area (Å²) in [5.41, 5.74) is 1.59. The molecule has 1 aromatic heterocycles. The van der Waals surface area contributed by atoms with Gasteiger partial charge in [0.25, 0.3) is 0 Å². The second kappa shape index (κ2) is 4.47. The van der Waals surface area contributed by atoms with E-state index in [0.29, 0.717) is 8.83 Å². The molecule has 0 unspecified atom stereocenters. The van der Waals surface area contributed by atoms with Crippen LogP contribution in [-0.2, 0) is 0 Å². The highest BCUT2D eigenvalue weighted by Gasteiger charge is 2.08. The van der Waals surface area contributed by atoms with Crippen molar-refractivity contribution >= 4 is 41.7 Å². The van der Waals surface area contributed by atoms with Crippen LogP contribution in [0.4, 0.5) is 0 Å². The van der Waals surface area contributed by atoms with Crippen molar-refractivity contribution in [2.24, 2.45) is 9.98 Å². The first kappa shape index (κ1) is 11.8. The summed E-state index contributed by atoms with van der Waals surface area (Å²) in [7, 11) is 0. The highest BCUT2D eigenvalue weighted by Crippen LogP contribution is 2.25. The number of allylic oxidation sites excluding steroid dienone is 1. The number of aliphatic imine (C=N–C) groups is 2. The van der Waals surface area contributed by atoms with Crippen LogP contribution in [0.2, 0.25) is 0 Å². The van der Waals surface area contributed by atoms with Gasteiger partial charge in [0.2, 0.25) is 5.88 Å². The van der Waals surface area contributed by atoms with E-state index in [1.54, 1.807) is 6.08 Å². The van der Waals surface area contributed by atoms with E-state index in [1.807, 2.05) is 6.92 Å². The molecule has 0 aromatic carbocycles. The molecule has 1 aliphatic rings. The van der Waals surface area contributed by atoms with Gasteiger partial charge in [-0.15, -0.1) is 11.3 Å². The molecule has 0 fully saturated rings. The molecule has 15 heavy (non-hydrogen) atoms. The SMILES string of the molecule is CC1=NC=N/C1=C\c1sc(=S)[nH]c1O.O. The molecule has 2 rings (SSSR count). The third-order valence-corrected chi connectivity index (χ3v) is 2.91. The first-order chi connectivity index (χ1) is 6.66. The van der Waals surface area contributed by atoms with Crippen LogP contribution < -0.4 is 0 Å². The van der Waals surface area contributed by atoms with Gasteiger partial charge < -0.3 is 15.6 Å². The summed E-state index contributed by atoms with van der Waals surface area (Å²) >= 11 is 6.20. The fourth-order valence-corrected chi connectivity index (χ4v) is 2.06. The van der Waals surface area contributed by atoms with Crippen LogP contribution in [-0.4, -0.2) is 27.6 Å². The Morgan fingerprint density at radius 2 is 2.33 bits per heavy atom. The van der Waals surface area contributed by atoms with E-state index in [0.717, 1.165) is 11.4 Å². The summed E-state index contributed by atoms with van der Waals surface area (Å²) in [6.45, 7) is 1.86. The lowest BCUT2D eigenvalue weighted by Gasteiger charge is -1.92. The molecule has 4 N–H and O–H groups in total. The Labute approximate surface area is 94.8 Å². The maximum Gasteiger partial charge on any atom is 0.207 e. The van der Waals surface area contributed by atoms with E-state index in [4.69, 9.17) is 12.2 Å². The van der Waals surface area contributed by atoms with E-state index >= 15 is 0 Å². The molecule has 0 spiro atoms. The molecule has 5 nitrogen and oxygen atoms in total. The van der Waals surface area contributed by atoms with Crippen LogP contribution in [0.5, 0.6) is 5.88 Å². The van der Waals surface area contributed by atoms with Crippen LogP contribution in [0.15, 0.2) is 15.7 Å². The summed E-state index contributed by atoms with van der Waals surface area (Å²) in [5, 5.41) is 9.43. The molecule has 0 saturated carbocycles. The minimum Gasteiger partial charge on any atom is -0.494 e. The van der Waals surface area contributed by atoms with Gasteiger partial charge >= 0.3 is 0 Å². The van der Waals surface area contributed by atoms with Gasteiger partial charge in [-0.05, 0) is 25.2 Å². The Morgan fingerprint density at radius 3 is 2.80 bits per heavy atom. The van der Waals surface area contributed by atoms with E-state index in [2.05, 4.69) is 15.0 Å². The lowest BCUT2D eigenvalue weighted by atomic mass is 10.3. The monoisotopic (exact) mass is 243 g/mol. The molecular formula is C8H9N3O2S2. The third kappa shape index (κ3) is 2.38. The zero-order valence-corrected chi connectivity index (χ0v) is 9.45. The van der Waals surface area contributed by atoms with Crippen molar-refractivity contribution in [3.05, 3.63) is 14.5 Å². The van der Waals surface area contributed by atoms with E-state index in [1.165, 1.54) is 17.7 Å². The number of H-pyrrole nitrogens is 1. The first-order valence-corrected chi connectivity index (χ1v) is 5.10. The second-order valence-electron chi connectivity index (χ2n) is 2.72. The van der Waals surface area contributed by atoms with Gasteiger partial charge in [-0.3, -0.25) is 0 Å². The van der Waals surface area contributed by atoms with E-state index < -0.39 is 0 Å². The lowest BCUT2D eigenvalue weighted by molar-refractivity contribution is 0.456. The van der Waals surface area contributed by atoms with Gasteiger partial charge in [0.05, 0.1) is 16.3 Å². The van der Waals surface area contributed by atoms with Gasteiger partial charge in [0, 0.05) is 0 Å². The Balaban J connectivity index is 0.00000112. The molecule has 0 radical (unpaired) electrons. The number of rotatable bonds is 1. The zero-order valence-electron chi connectivity index (χ0n) is 7.81. The summed E-state index contributed by atoms with van der Waals surface area (Å²) in [4.78, 5) is 11.4. The van der Waals surface area contributed by atoms with Crippen LogP contribution in [0.1, 0.15) is 11.8 Å². The van der Waals surface area contributed by atoms with Gasteiger partial charge in [-0.2, -0.15) is 0 Å². The van der Waals surface area contributed by atoms with Gasteiger partial charge in [0.1, 0.15) is 6.34 Å². The Bertz CT molecular complexity index is 510. The summed E-state index contributed by atoms with van der Waals surface area (Å²) in [6, 6.07) is 0. The maximum absolute atomic E-state index is 9.43. The van der Waals surface area contributed by atoms with Crippen LogP contribution in [0.3, 0.4) is 0 Å². The fourth-order valence-electron chi connectivity index (χ4n) is 1.03. The molecule has 0 amide bonds. The minimum absolute atomic E-state index is 0. The first-order valence-electron chi connectivity index (χ1n) is 3.88. The third-order valence-electron chi connectivity index (χ3n) is 1.74. The van der Waals surface area contributed by atoms with Gasteiger partial charge in [0.15, 0.2) is 3.95 Å². The fraction of sp³-hybridized carbons (Fsp3) is 0.125. The Hall–Kier alpha value is -1.31. The molecule has 0 saturated heterocycles. The topological polar surface area (TPSA) is 92.2 Å². The number of thiazole rings is 1. The molecule has 7 heteroatoms. The van der Waals surface area contributed by atoms with Gasteiger partial charge in [-0.1, -0.05) is 0 Å². The molecule has 0 bridgehead atoms. The normalized spacial score (nSPS) is 16.6. The molecule has 1 aromatic rings. The average molecular weight is 243 g/mol. The van der Waals surface area contributed by atoms with Crippen molar-refractivity contribution in [2.75, 3.05) is 0 Å². The summed E-state index contributed by atoms with van der Waals surface area (Å²) in [6.07, 6.45) is 3.25. The minimum atomic E-state index is 0. The summed E-state index contributed by atoms with van der Waals surface area (Å²) in [5.74, 6) is 0.0856. The predicted molar refractivity (Wildman–Crippen MR) is 64.4 cm³/mol. The molecule has 2 heterocycles. The number of aromatic hydroxyl groups is 1. The molecule has 0 aliphatic carbocycles. The van der Waals surface area contributed by atoms with Crippen molar-refractivity contribution in [3.8, 4) is 5.88 Å². The number of hydrogen-bond donors (Lipinski definition) is 2. The van der Waals surface area contributed by atoms with Crippen LogP contribution >= 0.6 is 23.6 Å². The van der Waals surface area contributed by atoms with Crippen molar-refractivity contribution in [3.63, 3.8) is 0 Å². The highest BCUT2D eigenvalue weighted by molar-refractivity contribution is 7.73. The highest BCUT2D eigenvalue weighted by atomic mass is 32.1. The molecule has 1 aliphatic heterocycles. The Morgan fingerprint density at radius 1 is 1.60 bits per heavy atom. The Kier molecular flexibility index (Phi) is 3.51. The standard InChI is InChI=1S/C8H7N3OS2.H2O/c1-4-5(10-3-9-4)2-6-7(12)11-8(13)14-6;/h2-3,12H,1H3,(H,11,13);1H2/b5-2-;. The van der Waals surface area contributed by atoms with Crippen molar-refractivity contribution in [1.29, 1.82) is 0 Å². The largest absolute Gasteiger partial charge is 0.494 e. The van der Waals surface area contributed by atoms with Gasteiger partial charge in [-0.25, -0.2) is 9.98 Å². The summed E-state index contributed by atoms with van der Waals surface area (Å²) < 4.78 is 0.547. The van der Waals surface area contributed by atoms with Crippen molar-refractivity contribution < 1.29 is 10.6 Å². The molecule has 0 atom stereocenters. The second-order valence-corrected chi connectivity index (χ2v) is 4.43. The van der Waals surface area contributed by atoms with Crippen LogP contribution in [0, 0.1) is 3.95 Å². The zero-order chi connectivity index (χ0) is 10.1. The van der Waals surface area contributed by atoms with E-state index in [9.17, 15) is 5.11 Å². The lowest BCUT2D eigenvalue weighted by Crippen LogP contribution is -1.87. The van der Waals surface area contributed by atoms with E-state index in [-0.39, 0.29) is 11.4 Å². The average Bonchev–Trinajstić information content (AvgIpc) is 2.62. The predicted octanol–water partition coefficient (Wildman–Crippen LogP) is 1.53. The molecule has 80 valence electrons. The number of nitrogens with one attached hydrogen (secondary N) is 1. The molecular weight excluding hydrogens is 234 g/mol. The quantitative estimate of drug-likeness (QED) is 0.732. The maximum atomic E-state index is 9.43. The number of aromatic nitrogens is 1. The van der Waals surface area contributed by atoms with Crippen LogP contribution in [0.25, 0.3) is 6.08 Å². The van der Waals surface area contributed by atoms with Crippen molar-refractivity contribution in [2.45, 2.75) is 6.92 Å². The smallest absolute Gasteiger partial charge is 0.207 e. The number of aromatic amines is 1. The number of hydrogen-bond acceptors (Lipinski definition) is 5.